The maximum atomic E-state index is 13.7. The first-order valence-corrected chi connectivity index (χ1v) is 11.7. The highest BCUT2D eigenvalue weighted by Crippen LogP contribution is 2.38. The molecule has 6 nitrogen and oxygen atoms in total. The molecule has 4 aromatic rings. The van der Waals surface area contributed by atoms with E-state index >= 15 is 0 Å². The van der Waals surface area contributed by atoms with Crippen molar-refractivity contribution in [1.82, 2.24) is 14.9 Å². The summed E-state index contributed by atoms with van der Waals surface area (Å²) in [5, 5.41) is 3.95. The third-order valence-electron chi connectivity index (χ3n) is 6.79. The van der Waals surface area contributed by atoms with E-state index in [9.17, 15) is 9.59 Å². The molecule has 0 radical (unpaired) electrons. The number of rotatable bonds is 6. The number of ether oxygens (including phenoxy) is 1. The maximum absolute atomic E-state index is 13.7. The lowest BCUT2D eigenvalue weighted by Gasteiger charge is -2.31. The molecule has 3 heterocycles. The minimum absolute atomic E-state index is 0.0467. The molecule has 6 heteroatoms. The number of amides is 1. The number of nitrogens with one attached hydrogen (secondary N) is 2. The molecule has 2 aromatic carbocycles. The van der Waals surface area contributed by atoms with E-state index in [2.05, 4.69) is 40.0 Å². The van der Waals surface area contributed by atoms with Gasteiger partial charge in [-0.15, -0.1) is 0 Å². The molecule has 1 aliphatic heterocycles. The summed E-state index contributed by atoms with van der Waals surface area (Å²) >= 11 is 0. The fourth-order valence-electron chi connectivity index (χ4n) is 4.97. The van der Waals surface area contributed by atoms with Gasteiger partial charge < -0.3 is 19.6 Å². The molecule has 1 aliphatic rings. The van der Waals surface area contributed by atoms with Crippen LogP contribution in [0.1, 0.15) is 57.3 Å². The van der Waals surface area contributed by atoms with Crippen LogP contribution in [-0.2, 0) is 11.3 Å². The minimum Gasteiger partial charge on any atom is -0.380 e. The van der Waals surface area contributed by atoms with Crippen LogP contribution in [0.5, 0.6) is 0 Å². The van der Waals surface area contributed by atoms with Gasteiger partial charge in [-0.1, -0.05) is 48.5 Å². The van der Waals surface area contributed by atoms with E-state index in [4.69, 9.17) is 4.74 Å². The lowest BCUT2D eigenvalue weighted by molar-refractivity contribution is 0.00496. The number of carbonyl (C=O) groups is 1. The molecule has 1 unspecified atom stereocenters. The molecule has 0 aliphatic carbocycles. The first-order valence-electron chi connectivity index (χ1n) is 11.7. The van der Waals surface area contributed by atoms with Crippen LogP contribution in [0, 0.1) is 13.8 Å². The number of fused-ring (bicyclic) bond motifs is 1. The van der Waals surface area contributed by atoms with Crippen molar-refractivity contribution in [2.24, 2.45) is 0 Å². The van der Waals surface area contributed by atoms with Gasteiger partial charge in [0.25, 0.3) is 11.5 Å². The fourth-order valence-corrected chi connectivity index (χ4v) is 4.97. The first-order chi connectivity index (χ1) is 16.5. The number of aryl methyl sites for hydroxylation is 2. The molecule has 2 N–H and O–H groups in total. The van der Waals surface area contributed by atoms with Gasteiger partial charge in [0.05, 0.1) is 24.8 Å². The average Bonchev–Trinajstić information content (AvgIpc) is 3.11. The highest BCUT2D eigenvalue weighted by molar-refractivity contribution is 6.08. The lowest BCUT2D eigenvalue weighted by Crippen LogP contribution is -2.33. The smallest absolute Gasteiger partial charge is 0.254 e. The van der Waals surface area contributed by atoms with E-state index in [1.54, 1.807) is 0 Å². The summed E-state index contributed by atoms with van der Waals surface area (Å²) in [6.45, 7) is 7.28. The molecule has 1 amide bonds. The number of hydrogen-bond donors (Lipinski definition) is 2. The van der Waals surface area contributed by atoms with Gasteiger partial charge in [0.15, 0.2) is 0 Å². The molecular weight excluding hydrogens is 426 g/mol. The number of carbonyl (C=O) groups excluding carboxylic acids is 1. The zero-order valence-electron chi connectivity index (χ0n) is 19.7. The monoisotopic (exact) mass is 455 g/mol. The summed E-state index contributed by atoms with van der Waals surface area (Å²) in [7, 11) is 0. The number of benzene rings is 2. The Balaban J connectivity index is 1.60. The van der Waals surface area contributed by atoms with Crippen molar-refractivity contribution in [3.05, 3.63) is 105 Å². The van der Waals surface area contributed by atoms with Crippen LogP contribution >= 0.6 is 0 Å². The number of H-pyrrole nitrogens is 1. The van der Waals surface area contributed by atoms with E-state index in [1.165, 1.54) is 5.56 Å². The van der Waals surface area contributed by atoms with Crippen molar-refractivity contribution < 1.29 is 9.53 Å². The summed E-state index contributed by atoms with van der Waals surface area (Å²) in [6, 6.07) is 20.4. The van der Waals surface area contributed by atoms with Gasteiger partial charge in [0.1, 0.15) is 0 Å². The zero-order chi connectivity index (χ0) is 23.8. The third-order valence-corrected chi connectivity index (χ3v) is 6.79. The van der Waals surface area contributed by atoms with E-state index in [-0.39, 0.29) is 30.0 Å². The third kappa shape index (κ3) is 3.84. The van der Waals surface area contributed by atoms with Crippen molar-refractivity contribution in [1.29, 1.82) is 0 Å². The fraction of sp³-hybridized carbons (Fsp3) is 0.286. The van der Waals surface area contributed by atoms with Gasteiger partial charge in [0.2, 0.25) is 0 Å². The summed E-state index contributed by atoms with van der Waals surface area (Å²) in [4.78, 5) is 29.0. The molecule has 1 atom stereocenters. The minimum atomic E-state index is -0.170. The van der Waals surface area contributed by atoms with Crippen LogP contribution < -0.4 is 10.9 Å². The van der Waals surface area contributed by atoms with Gasteiger partial charge in [0, 0.05) is 40.3 Å². The number of para-hydroxylation sites is 1. The van der Waals surface area contributed by atoms with Crippen LogP contribution in [0.15, 0.2) is 65.5 Å². The maximum Gasteiger partial charge on any atom is 0.254 e. The highest BCUT2D eigenvalue weighted by Gasteiger charge is 2.33. The van der Waals surface area contributed by atoms with E-state index in [0.29, 0.717) is 24.3 Å². The number of nitrogens with zero attached hydrogens (tertiary/aromatic N) is 1. The molecule has 2 aromatic heterocycles. The first kappa shape index (κ1) is 22.2. The van der Waals surface area contributed by atoms with E-state index in [0.717, 1.165) is 27.9 Å². The van der Waals surface area contributed by atoms with Crippen LogP contribution in [-0.4, -0.2) is 28.7 Å². The number of hydrogen-bond acceptors (Lipinski definition) is 3. The summed E-state index contributed by atoms with van der Waals surface area (Å²) in [5.41, 5.74) is 5.97. The molecule has 5 rings (SSSR count). The summed E-state index contributed by atoms with van der Waals surface area (Å²) in [6.07, 6.45) is 0. The Labute approximate surface area is 198 Å². The molecule has 1 fully saturated rings. The number of aromatic amines is 1. The molecule has 1 saturated heterocycles. The molecular formula is C28H29N3O3. The Morgan fingerprint density at radius 3 is 2.50 bits per heavy atom. The van der Waals surface area contributed by atoms with Gasteiger partial charge in [-0.2, -0.15) is 0 Å². The van der Waals surface area contributed by atoms with Gasteiger partial charge >= 0.3 is 0 Å². The topological polar surface area (TPSA) is 76.1 Å². The number of pyridine rings is 1. The predicted molar refractivity (Wildman–Crippen MR) is 133 cm³/mol. The van der Waals surface area contributed by atoms with Crippen molar-refractivity contribution >= 4 is 16.8 Å². The molecule has 174 valence electrons. The van der Waals surface area contributed by atoms with Crippen molar-refractivity contribution in [3.8, 4) is 0 Å². The lowest BCUT2D eigenvalue weighted by atomic mass is 9.97. The van der Waals surface area contributed by atoms with Crippen molar-refractivity contribution in [2.75, 3.05) is 13.2 Å². The quantitative estimate of drug-likeness (QED) is 0.446. The molecule has 0 spiro atoms. The van der Waals surface area contributed by atoms with Gasteiger partial charge in [-0.3, -0.25) is 9.59 Å². The summed E-state index contributed by atoms with van der Waals surface area (Å²) < 4.78 is 7.83. The second-order valence-electron chi connectivity index (χ2n) is 9.09. The average molecular weight is 456 g/mol. The SMILES string of the molecule is Cc1cc(C)c(CNC(=O)c2c(C3COC3)n(C(C)c3ccccc3)c3ccccc23)c(=O)[nH]1. The Morgan fingerprint density at radius 2 is 1.82 bits per heavy atom. The summed E-state index contributed by atoms with van der Waals surface area (Å²) in [5.74, 6) is -0.0275. The van der Waals surface area contributed by atoms with Gasteiger partial charge in [-0.25, -0.2) is 0 Å². The van der Waals surface area contributed by atoms with Crippen molar-refractivity contribution in [2.45, 2.75) is 39.3 Å². The van der Waals surface area contributed by atoms with Crippen LogP contribution in [0.2, 0.25) is 0 Å². The van der Waals surface area contributed by atoms with E-state index < -0.39 is 0 Å². The van der Waals surface area contributed by atoms with Gasteiger partial charge in [-0.05, 0) is 44.0 Å². The molecule has 0 bridgehead atoms. The second-order valence-corrected chi connectivity index (χ2v) is 9.09. The zero-order valence-corrected chi connectivity index (χ0v) is 19.7. The Kier molecular flexibility index (Phi) is 5.84. The Hall–Kier alpha value is -3.64. The Bertz CT molecular complexity index is 1410. The normalized spacial score (nSPS) is 14.7. The van der Waals surface area contributed by atoms with Crippen LogP contribution in [0.25, 0.3) is 10.9 Å². The Morgan fingerprint density at radius 1 is 1.12 bits per heavy atom. The second kappa shape index (κ2) is 8.95. The number of aromatic nitrogens is 2. The van der Waals surface area contributed by atoms with Crippen LogP contribution in [0.3, 0.4) is 0 Å². The predicted octanol–water partition coefficient (Wildman–Crippen LogP) is 4.60. The van der Waals surface area contributed by atoms with Crippen LogP contribution in [0.4, 0.5) is 0 Å². The standard InChI is InChI=1S/C28H29N3O3/c1-17-13-18(2)30-27(32)23(17)14-29-28(33)25-22-11-7-8-12-24(22)31(26(25)21-15-34-16-21)19(3)20-9-5-4-6-10-20/h4-13,19,21H,14-16H2,1-3H3,(H,29,33)(H,30,32). The largest absolute Gasteiger partial charge is 0.380 e. The highest BCUT2D eigenvalue weighted by atomic mass is 16.5. The molecule has 0 saturated carbocycles. The van der Waals surface area contributed by atoms with Crippen molar-refractivity contribution in [3.63, 3.8) is 0 Å². The van der Waals surface area contributed by atoms with E-state index in [1.807, 2.05) is 56.3 Å². The molecule has 34 heavy (non-hydrogen) atoms.